The van der Waals surface area contributed by atoms with Gasteiger partial charge in [0, 0.05) is 19.1 Å². The van der Waals surface area contributed by atoms with Gasteiger partial charge in [-0.1, -0.05) is 19.9 Å². The van der Waals surface area contributed by atoms with E-state index in [9.17, 15) is 0 Å². The van der Waals surface area contributed by atoms with E-state index in [0.29, 0.717) is 12.0 Å². The van der Waals surface area contributed by atoms with Crippen molar-refractivity contribution in [1.82, 2.24) is 4.90 Å². The highest BCUT2D eigenvalue weighted by atomic mass is 16.5. The van der Waals surface area contributed by atoms with Gasteiger partial charge >= 0.3 is 0 Å². The van der Waals surface area contributed by atoms with Crippen LogP contribution in [0.25, 0.3) is 0 Å². The molecule has 0 amide bonds. The second-order valence-electron chi connectivity index (χ2n) is 6.09. The van der Waals surface area contributed by atoms with Gasteiger partial charge in [0.15, 0.2) is 0 Å². The van der Waals surface area contributed by atoms with E-state index in [1.54, 1.807) is 0 Å². The lowest BCUT2D eigenvalue weighted by atomic mass is 9.98. The Labute approximate surface area is 123 Å². The van der Waals surface area contributed by atoms with E-state index < -0.39 is 0 Å². The maximum Gasteiger partial charge on any atom is 0.119 e. The largest absolute Gasteiger partial charge is 0.492 e. The van der Waals surface area contributed by atoms with E-state index in [1.165, 1.54) is 24.0 Å². The summed E-state index contributed by atoms with van der Waals surface area (Å²) in [5.41, 5.74) is 8.51. The molecular formula is C17H28N2O. The average molecular weight is 276 g/mol. The lowest BCUT2D eigenvalue weighted by Crippen LogP contribution is -2.37. The van der Waals surface area contributed by atoms with Crippen molar-refractivity contribution in [2.24, 2.45) is 5.73 Å². The van der Waals surface area contributed by atoms with Crippen molar-refractivity contribution in [3.8, 4) is 5.75 Å². The Hall–Kier alpha value is -1.06. The zero-order valence-electron chi connectivity index (χ0n) is 13.1. The second-order valence-corrected chi connectivity index (χ2v) is 6.09. The van der Waals surface area contributed by atoms with E-state index in [2.05, 4.69) is 43.9 Å². The summed E-state index contributed by atoms with van der Waals surface area (Å²) >= 11 is 0. The van der Waals surface area contributed by atoms with Gasteiger partial charge in [0.05, 0.1) is 0 Å². The number of likely N-dealkylation sites (tertiary alicyclic amines) is 1. The number of aryl methyl sites for hydroxylation is 1. The molecule has 2 N–H and O–H groups in total. The molecule has 0 bridgehead atoms. The Morgan fingerprint density at radius 3 is 2.85 bits per heavy atom. The van der Waals surface area contributed by atoms with Crippen molar-refractivity contribution >= 4 is 0 Å². The van der Waals surface area contributed by atoms with Crippen LogP contribution in [0.1, 0.15) is 43.7 Å². The van der Waals surface area contributed by atoms with Gasteiger partial charge in [0.1, 0.15) is 12.4 Å². The summed E-state index contributed by atoms with van der Waals surface area (Å²) < 4.78 is 5.89. The maximum absolute atomic E-state index is 5.89. The monoisotopic (exact) mass is 276 g/mol. The van der Waals surface area contributed by atoms with Crippen LogP contribution in [0.3, 0.4) is 0 Å². The molecule has 0 aromatic heterocycles. The van der Waals surface area contributed by atoms with E-state index >= 15 is 0 Å². The summed E-state index contributed by atoms with van der Waals surface area (Å²) in [6.07, 6.45) is 2.50. The summed E-state index contributed by atoms with van der Waals surface area (Å²) in [6.45, 7) is 10.3. The van der Waals surface area contributed by atoms with Crippen molar-refractivity contribution in [3.05, 3.63) is 29.3 Å². The summed E-state index contributed by atoms with van der Waals surface area (Å²) in [5.74, 6) is 1.55. The topological polar surface area (TPSA) is 38.5 Å². The number of hydrogen-bond donors (Lipinski definition) is 1. The minimum Gasteiger partial charge on any atom is -0.492 e. The highest BCUT2D eigenvalue weighted by Crippen LogP contribution is 2.23. The van der Waals surface area contributed by atoms with Gasteiger partial charge < -0.3 is 10.5 Å². The highest BCUT2D eigenvalue weighted by molar-refractivity contribution is 5.36. The van der Waals surface area contributed by atoms with Crippen molar-refractivity contribution in [2.45, 2.75) is 45.6 Å². The fraction of sp³-hybridized carbons (Fsp3) is 0.647. The predicted molar refractivity (Wildman–Crippen MR) is 84.4 cm³/mol. The minimum atomic E-state index is 0.559. The first-order chi connectivity index (χ1) is 9.61. The van der Waals surface area contributed by atoms with Crippen molar-refractivity contribution < 1.29 is 4.74 Å². The van der Waals surface area contributed by atoms with Gasteiger partial charge in [-0.25, -0.2) is 0 Å². The van der Waals surface area contributed by atoms with Crippen LogP contribution < -0.4 is 10.5 Å². The van der Waals surface area contributed by atoms with Crippen molar-refractivity contribution in [3.63, 3.8) is 0 Å². The standard InChI is InChI=1S/C17H28N2O/c1-13(2)17-7-6-16(11-14(17)3)20-10-9-19-8-4-5-15(19)12-18/h6-7,11,13,15H,4-5,8-10,12,18H2,1-3H3. The van der Waals surface area contributed by atoms with Crippen LogP contribution in [0.4, 0.5) is 0 Å². The van der Waals surface area contributed by atoms with E-state index in [0.717, 1.165) is 32.0 Å². The minimum absolute atomic E-state index is 0.559. The Balaban J connectivity index is 1.84. The molecule has 1 aliphatic rings. The fourth-order valence-corrected chi connectivity index (χ4v) is 3.12. The third-order valence-corrected chi connectivity index (χ3v) is 4.28. The molecule has 1 atom stereocenters. The summed E-state index contributed by atoms with van der Waals surface area (Å²) in [7, 11) is 0. The SMILES string of the molecule is Cc1cc(OCCN2CCCC2CN)ccc1C(C)C. The van der Waals surface area contributed by atoms with Gasteiger partial charge in [-0.3, -0.25) is 4.90 Å². The first kappa shape index (κ1) is 15.3. The number of rotatable bonds is 6. The molecule has 1 aromatic carbocycles. The number of benzene rings is 1. The molecule has 1 fully saturated rings. The average Bonchev–Trinajstić information content (AvgIpc) is 2.86. The van der Waals surface area contributed by atoms with Crippen LogP contribution in [0.2, 0.25) is 0 Å². The molecule has 0 aliphatic carbocycles. The smallest absolute Gasteiger partial charge is 0.119 e. The summed E-state index contributed by atoms with van der Waals surface area (Å²) in [5, 5.41) is 0. The molecule has 0 saturated carbocycles. The third-order valence-electron chi connectivity index (χ3n) is 4.28. The predicted octanol–water partition coefficient (Wildman–Crippen LogP) is 2.92. The molecule has 3 heteroatoms. The Kier molecular flexibility index (Phi) is 5.44. The number of nitrogens with two attached hydrogens (primary N) is 1. The van der Waals surface area contributed by atoms with Crippen LogP contribution in [-0.2, 0) is 0 Å². The number of hydrogen-bond acceptors (Lipinski definition) is 3. The van der Waals surface area contributed by atoms with Gasteiger partial charge in [-0.15, -0.1) is 0 Å². The van der Waals surface area contributed by atoms with Gasteiger partial charge in [0.2, 0.25) is 0 Å². The first-order valence-corrected chi connectivity index (χ1v) is 7.79. The van der Waals surface area contributed by atoms with E-state index in [-0.39, 0.29) is 0 Å². The molecule has 0 spiro atoms. The summed E-state index contributed by atoms with van der Waals surface area (Å²) in [6, 6.07) is 6.99. The van der Waals surface area contributed by atoms with E-state index in [4.69, 9.17) is 10.5 Å². The molecule has 1 aliphatic heterocycles. The van der Waals surface area contributed by atoms with Crippen LogP contribution in [0.5, 0.6) is 5.75 Å². The molecule has 2 rings (SSSR count). The molecule has 3 nitrogen and oxygen atoms in total. The van der Waals surface area contributed by atoms with Crippen LogP contribution >= 0.6 is 0 Å². The van der Waals surface area contributed by atoms with Gasteiger partial charge in [0.25, 0.3) is 0 Å². The molecule has 1 saturated heterocycles. The molecule has 1 heterocycles. The third kappa shape index (κ3) is 3.74. The Morgan fingerprint density at radius 1 is 1.40 bits per heavy atom. The normalized spacial score (nSPS) is 19.8. The first-order valence-electron chi connectivity index (χ1n) is 7.79. The van der Waals surface area contributed by atoms with Gasteiger partial charge in [-0.05, 0) is 55.5 Å². The second kappa shape index (κ2) is 7.09. The zero-order chi connectivity index (χ0) is 14.5. The maximum atomic E-state index is 5.89. The lowest BCUT2D eigenvalue weighted by molar-refractivity contribution is 0.199. The molecule has 20 heavy (non-hydrogen) atoms. The molecule has 1 aromatic rings. The van der Waals surface area contributed by atoms with Crippen LogP contribution in [0.15, 0.2) is 18.2 Å². The number of nitrogens with zero attached hydrogens (tertiary/aromatic N) is 1. The lowest BCUT2D eigenvalue weighted by Gasteiger charge is -2.23. The summed E-state index contributed by atoms with van der Waals surface area (Å²) in [4.78, 5) is 2.45. The molecule has 0 radical (unpaired) electrons. The quantitative estimate of drug-likeness (QED) is 0.868. The van der Waals surface area contributed by atoms with Crippen LogP contribution in [0, 0.1) is 6.92 Å². The highest BCUT2D eigenvalue weighted by Gasteiger charge is 2.22. The molecular weight excluding hydrogens is 248 g/mol. The Morgan fingerprint density at radius 2 is 2.20 bits per heavy atom. The molecule has 112 valence electrons. The molecule has 1 unspecified atom stereocenters. The number of ether oxygens (including phenoxy) is 1. The van der Waals surface area contributed by atoms with Crippen molar-refractivity contribution in [1.29, 1.82) is 0 Å². The van der Waals surface area contributed by atoms with Crippen LogP contribution in [-0.4, -0.2) is 37.2 Å². The Bertz CT molecular complexity index is 431. The van der Waals surface area contributed by atoms with Gasteiger partial charge in [-0.2, -0.15) is 0 Å². The zero-order valence-corrected chi connectivity index (χ0v) is 13.1. The van der Waals surface area contributed by atoms with E-state index in [1.807, 2.05) is 0 Å². The van der Waals surface area contributed by atoms with Crippen molar-refractivity contribution in [2.75, 3.05) is 26.2 Å². The fourth-order valence-electron chi connectivity index (χ4n) is 3.12.